The summed E-state index contributed by atoms with van der Waals surface area (Å²) >= 11 is 0. The first kappa shape index (κ1) is 13.0. The quantitative estimate of drug-likeness (QED) is 0.744. The van der Waals surface area contributed by atoms with Crippen LogP contribution in [0.5, 0.6) is 0 Å². The maximum atomic E-state index is 11.2. The molecule has 0 unspecified atom stereocenters. The van der Waals surface area contributed by atoms with E-state index >= 15 is 0 Å². The fraction of sp³-hybridized carbons (Fsp3) is 0.0667. The van der Waals surface area contributed by atoms with E-state index < -0.39 is 5.97 Å². The zero-order valence-corrected chi connectivity index (χ0v) is 11.1. The highest BCUT2D eigenvalue weighted by molar-refractivity contribution is 5.97. The van der Waals surface area contributed by atoms with E-state index in [0.29, 0.717) is 22.3 Å². The Kier molecular flexibility index (Phi) is 2.98. The second-order valence-corrected chi connectivity index (χ2v) is 4.64. The Morgan fingerprint density at radius 1 is 1.38 bits per heavy atom. The SMILES string of the molecule is Cc1cn(-c2cc(C=O)c3ncccc3c2)nc1C(=O)O. The van der Waals surface area contributed by atoms with Gasteiger partial charge in [0, 0.05) is 28.9 Å². The smallest absolute Gasteiger partial charge is 0.356 e. The molecule has 0 bridgehead atoms. The van der Waals surface area contributed by atoms with Crippen LogP contribution in [0.3, 0.4) is 0 Å². The third-order valence-electron chi connectivity index (χ3n) is 3.21. The van der Waals surface area contributed by atoms with Gasteiger partial charge in [-0.05, 0) is 25.1 Å². The lowest BCUT2D eigenvalue weighted by Crippen LogP contribution is -2.02. The molecule has 3 aromatic rings. The first-order chi connectivity index (χ1) is 10.1. The average Bonchev–Trinajstić information content (AvgIpc) is 2.88. The van der Waals surface area contributed by atoms with Crippen molar-refractivity contribution in [2.75, 3.05) is 0 Å². The van der Waals surface area contributed by atoms with Crippen LogP contribution in [0.1, 0.15) is 26.4 Å². The van der Waals surface area contributed by atoms with E-state index in [2.05, 4.69) is 10.1 Å². The Morgan fingerprint density at radius 2 is 2.19 bits per heavy atom. The van der Waals surface area contributed by atoms with E-state index in [-0.39, 0.29) is 5.69 Å². The zero-order valence-electron chi connectivity index (χ0n) is 11.1. The molecule has 0 aliphatic rings. The zero-order chi connectivity index (χ0) is 15.0. The molecule has 2 aromatic heterocycles. The van der Waals surface area contributed by atoms with E-state index in [1.807, 2.05) is 12.1 Å². The van der Waals surface area contributed by atoms with Crippen LogP contribution in [0.25, 0.3) is 16.6 Å². The van der Waals surface area contributed by atoms with Crippen molar-refractivity contribution in [2.45, 2.75) is 6.92 Å². The second kappa shape index (κ2) is 4.82. The Morgan fingerprint density at radius 3 is 2.86 bits per heavy atom. The number of carboxylic acids is 1. The van der Waals surface area contributed by atoms with Crippen LogP contribution in [0.2, 0.25) is 0 Å². The molecule has 1 N–H and O–H groups in total. The maximum absolute atomic E-state index is 11.2. The van der Waals surface area contributed by atoms with Crippen LogP contribution in [0.4, 0.5) is 0 Å². The topological polar surface area (TPSA) is 85.1 Å². The highest BCUT2D eigenvalue weighted by atomic mass is 16.4. The Labute approximate surface area is 119 Å². The number of aldehydes is 1. The number of nitrogens with zero attached hydrogens (tertiary/aromatic N) is 3. The van der Waals surface area contributed by atoms with Gasteiger partial charge in [-0.1, -0.05) is 6.07 Å². The van der Waals surface area contributed by atoms with Crippen molar-refractivity contribution in [1.82, 2.24) is 14.8 Å². The Hall–Kier alpha value is -3.02. The average molecular weight is 281 g/mol. The highest BCUT2D eigenvalue weighted by Crippen LogP contribution is 2.21. The van der Waals surface area contributed by atoms with Crippen LogP contribution in [-0.2, 0) is 0 Å². The summed E-state index contributed by atoms with van der Waals surface area (Å²) in [5.74, 6) is -1.08. The number of hydrogen-bond donors (Lipinski definition) is 1. The number of aryl methyl sites for hydroxylation is 1. The molecule has 3 rings (SSSR count). The molecule has 0 aliphatic heterocycles. The summed E-state index contributed by atoms with van der Waals surface area (Å²) in [4.78, 5) is 26.5. The second-order valence-electron chi connectivity index (χ2n) is 4.64. The van der Waals surface area contributed by atoms with E-state index in [0.717, 1.165) is 11.7 Å². The van der Waals surface area contributed by atoms with Gasteiger partial charge in [0.2, 0.25) is 0 Å². The van der Waals surface area contributed by atoms with Crippen LogP contribution < -0.4 is 0 Å². The number of aromatic carboxylic acids is 1. The predicted octanol–water partition coefficient (Wildman–Crippen LogP) is 2.24. The number of aromatic nitrogens is 3. The van der Waals surface area contributed by atoms with Gasteiger partial charge >= 0.3 is 5.97 Å². The van der Waals surface area contributed by atoms with Gasteiger partial charge < -0.3 is 5.11 Å². The summed E-state index contributed by atoms with van der Waals surface area (Å²) in [6, 6.07) is 7.07. The highest BCUT2D eigenvalue weighted by Gasteiger charge is 2.14. The van der Waals surface area contributed by atoms with Crippen LogP contribution in [-0.4, -0.2) is 32.1 Å². The number of carbonyl (C=O) groups is 2. The molecule has 2 heterocycles. The number of carbonyl (C=O) groups excluding carboxylic acids is 1. The van der Waals surface area contributed by atoms with Gasteiger partial charge in [0.1, 0.15) is 0 Å². The van der Waals surface area contributed by atoms with Gasteiger partial charge in [-0.15, -0.1) is 0 Å². The van der Waals surface area contributed by atoms with Crippen molar-refractivity contribution in [2.24, 2.45) is 0 Å². The molecule has 0 aliphatic carbocycles. The number of hydrogen-bond acceptors (Lipinski definition) is 4. The summed E-state index contributed by atoms with van der Waals surface area (Å²) < 4.78 is 1.46. The molecular weight excluding hydrogens is 270 g/mol. The third kappa shape index (κ3) is 2.16. The normalized spacial score (nSPS) is 10.7. The van der Waals surface area contributed by atoms with E-state index in [4.69, 9.17) is 5.11 Å². The van der Waals surface area contributed by atoms with Crippen LogP contribution in [0.15, 0.2) is 36.7 Å². The first-order valence-electron chi connectivity index (χ1n) is 6.24. The van der Waals surface area contributed by atoms with E-state index in [1.54, 1.807) is 31.5 Å². The molecule has 21 heavy (non-hydrogen) atoms. The molecule has 0 fully saturated rings. The standard InChI is InChI=1S/C15H11N3O3/c1-9-7-18(17-13(9)15(20)21)12-5-10-3-2-4-16-14(10)11(6-12)8-19/h2-8H,1H3,(H,20,21). The molecule has 0 amide bonds. The molecule has 0 spiro atoms. The predicted molar refractivity (Wildman–Crippen MR) is 75.9 cm³/mol. The molecule has 6 heteroatoms. The van der Waals surface area contributed by atoms with Crippen molar-refractivity contribution >= 4 is 23.2 Å². The number of pyridine rings is 1. The van der Waals surface area contributed by atoms with Crippen molar-refractivity contribution in [3.8, 4) is 5.69 Å². The molecule has 1 aromatic carbocycles. The van der Waals surface area contributed by atoms with Gasteiger partial charge in [-0.25, -0.2) is 9.48 Å². The summed E-state index contributed by atoms with van der Waals surface area (Å²) in [6.07, 6.45) is 3.97. The molecule has 0 radical (unpaired) electrons. The molecule has 6 nitrogen and oxygen atoms in total. The van der Waals surface area contributed by atoms with Gasteiger partial charge in [-0.3, -0.25) is 9.78 Å². The maximum Gasteiger partial charge on any atom is 0.356 e. The van der Waals surface area contributed by atoms with Crippen LogP contribution in [0, 0.1) is 6.92 Å². The van der Waals surface area contributed by atoms with Crippen molar-refractivity contribution in [3.05, 3.63) is 53.5 Å². The Bertz CT molecular complexity index is 868. The van der Waals surface area contributed by atoms with Crippen molar-refractivity contribution < 1.29 is 14.7 Å². The number of carboxylic acid groups (broad SMARTS) is 1. The number of benzene rings is 1. The summed E-state index contributed by atoms with van der Waals surface area (Å²) in [6.45, 7) is 1.68. The van der Waals surface area contributed by atoms with Gasteiger partial charge in [-0.2, -0.15) is 5.10 Å². The summed E-state index contributed by atoms with van der Waals surface area (Å²) in [5.41, 5.74) is 2.22. The molecule has 104 valence electrons. The lowest BCUT2D eigenvalue weighted by atomic mass is 10.1. The minimum absolute atomic E-state index is 0.00561. The van der Waals surface area contributed by atoms with Gasteiger partial charge in [0.25, 0.3) is 0 Å². The van der Waals surface area contributed by atoms with Crippen LogP contribution >= 0.6 is 0 Å². The minimum atomic E-state index is -1.08. The molecular formula is C15H11N3O3. The summed E-state index contributed by atoms with van der Waals surface area (Å²) in [5, 5.41) is 13.9. The van der Waals surface area contributed by atoms with Crippen molar-refractivity contribution in [1.29, 1.82) is 0 Å². The minimum Gasteiger partial charge on any atom is -0.476 e. The lowest BCUT2D eigenvalue weighted by Gasteiger charge is -2.05. The van der Waals surface area contributed by atoms with Gasteiger partial charge in [0.15, 0.2) is 12.0 Å². The fourth-order valence-corrected chi connectivity index (χ4v) is 2.23. The van der Waals surface area contributed by atoms with Crippen molar-refractivity contribution in [3.63, 3.8) is 0 Å². The third-order valence-corrected chi connectivity index (χ3v) is 3.21. The molecule has 0 saturated heterocycles. The number of rotatable bonds is 3. The largest absolute Gasteiger partial charge is 0.476 e. The van der Waals surface area contributed by atoms with E-state index in [1.165, 1.54) is 4.68 Å². The molecule has 0 atom stereocenters. The van der Waals surface area contributed by atoms with Gasteiger partial charge in [0.05, 0.1) is 11.2 Å². The first-order valence-corrected chi connectivity index (χ1v) is 6.24. The van der Waals surface area contributed by atoms with E-state index in [9.17, 15) is 9.59 Å². The lowest BCUT2D eigenvalue weighted by molar-refractivity contribution is 0.0689. The summed E-state index contributed by atoms with van der Waals surface area (Å²) in [7, 11) is 0. The fourth-order valence-electron chi connectivity index (χ4n) is 2.23. The Balaban J connectivity index is 2.23. The molecule has 0 saturated carbocycles. The number of fused-ring (bicyclic) bond motifs is 1. The monoisotopic (exact) mass is 281 g/mol.